The molecule has 1 heterocycles. The van der Waals surface area contributed by atoms with Gasteiger partial charge in [-0.15, -0.1) is 0 Å². The Morgan fingerprint density at radius 1 is 1.00 bits per heavy atom. The van der Waals surface area contributed by atoms with E-state index in [-0.39, 0.29) is 5.43 Å². The number of hydrogen-bond acceptors (Lipinski definition) is 4. The van der Waals surface area contributed by atoms with Gasteiger partial charge in [-0.25, -0.2) is 0 Å². The molecule has 1 fully saturated rings. The van der Waals surface area contributed by atoms with Crippen molar-refractivity contribution in [2.45, 2.75) is 46.6 Å². The molecular formula is C25H34N2O2. The van der Waals surface area contributed by atoms with Crippen molar-refractivity contribution in [1.29, 1.82) is 0 Å². The summed E-state index contributed by atoms with van der Waals surface area (Å²) in [5.41, 5.74) is 4.57. The van der Waals surface area contributed by atoms with Gasteiger partial charge >= 0.3 is 0 Å². The molecule has 156 valence electrons. The smallest absolute Gasteiger partial charge is 0.224 e. The highest BCUT2D eigenvalue weighted by molar-refractivity contribution is 5.48. The van der Waals surface area contributed by atoms with Crippen molar-refractivity contribution in [3.05, 3.63) is 69.4 Å². The van der Waals surface area contributed by atoms with E-state index in [0.717, 1.165) is 43.7 Å². The molecule has 0 radical (unpaired) electrons. The van der Waals surface area contributed by atoms with Crippen molar-refractivity contribution < 1.29 is 4.74 Å². The number of ether oxygens (including phenoxy) is 1. The highest BCUT2D eigenvalue weighted by Gasteiger charge is 2.19. The fourth-order valence-electron chi connectivity index (χ4n) is 3.66. The van der Waals surface area contributed by atoms with E-state index >= 15 is 0 Å². The van der Waals surface area contributed by atoms with Crippen molar-refractivity contribution in [2.24, 2.45) is 0 Å². The van der Waals surface area contributed by atoms with Gasteiger partial charge in [-0.2, -0.15) is 0 Å². The van der Waals surface area contributed by atoms with E-state index in [9.17, 15) is 4.79 Å². The molecule has 2 aromatic carbocycles. The molecule has 29 heavy (non-hydrogen) atoms. The SMILES string of the molecule is CCCOc1cc(C(C)C)ccc(CN2CCN(c3ccc(C)cc3)CC2)c1=O. The van der Waals surface area contributed by atoms with Crippen LogP contribution >= 0.6 is 0 Å². The highest BCUT2D eigenvalue weighted by Crippen LogP contribution is 2.20. The van der Waals surface area contributed by atoms with E-state index in [0.29, 0.717) is 24.8 Å². The lowest BCUT2D eigenvalue weighted by Gasteiger charge is -2.36. The average Bonchev–Trinajstić information content (AvgIpc) is 2.87. The Morgan fingerprint density at radius 2 is 1.69 bits per heavy atom. The molecule has 1 saturated heterocycles. The van der Waals surface area contributed by atoms with E-state index in [1.54, 1.807) is 0 Å². The van der Waals surface area contributed by atoms with Crippen LogP contribution in [0.3, 0.4) is 0 Å². The van der Waals surface area contributed by atoms with Crippen LogP contribution in [0.4, 0.5) is 5.69 Å². The van der Waals surface area contributed by atoms with Crippen LogP contribution in [0.15, 0.2) is 47.3 Å². The van der Waals surface area contributed by atoms with Gasteiger partial charge in [0.05, 0.1) is 6.61 Å². The van der Waals surface area contributed by atoms with Crippen LogP contribution in [0.5, 0.6) is 5.75 Å². The third-order valence-electron chi connectivity index (χ3n) is 5.58. The number of anilines is 1. The summed E-state index contributed by atoms with van der Waals surface area (Å²) in [6, 6.07) is 14.7. The molecule has 1 aliphatic heterocycles. The molecular weight excluding hydrogens is 360 g/mol. The van der Waals surface area contributed by atoms with Gasteiger partial charge in [0.1, 0.15) is 0 Å². The number of aryl methyl sites for hydroxylation is 1. The first-order valence-corrected chi connectivity index (χ1v) is 10.8. The maximum absolute atomic E-state index is 13.1. The average molecular weight is 395 g/mol. The van der Waals surface area contributed by atoms with Crippen molar-refractivity contribution in [1.82, 2.24) is 4.90 Å². The fourth-order valence-corrected chi connectivity index (χ4v) is 3.66. The predicted octanol–water partition coefficient (Wildman–Crippen LogP) is 4.59. The fraction of sp³-hybridized carbons (Fsp3) is 0.480. The summed E-state index contributed by atoms with van der Waals surface area (Å²) in [7, 11) is 0. The third kappa shape index (κ3) is 5.60. The second-order valence-corrected chi connectivity index (χ2v) is 8.30. The lowest BCUT2D eigenvalue weighted by atomic mass is 10.1. The van der Waals surface area contributed by atoms with Gasteiger partial charge in [0.2, 0.25) is 5.43 Å². The van der Waals surface area contributed by atoms with Crippen LogP contribution < -0.4 is 15.1 Å². The normalized spacial score (nSPS) is 15.0. The minimum Gasteiger partial charge on any atom is -0.489 e. The minimum atomic E-state index is 0.0336. The Bertz CT molecular complexity index is 854. The summed E-state index contributed by atoms with van der Waals surface area (Å²) in [4.78, 5) is 17.9. The number of rotatable bonds is 7. The molecule has 0 aliphatic carbocycles. The van der Waals surface area contributed by atoms with Gasteiger partial charge in [0, 0.05) is 44.0 Å². The molecule has 0 amide bonds. The summed E-state index contributed by atoms with van der Waals surface area (Å²) in [5, 5.41) is 0. The van der Waals surface area contributed by atoms with Crippen LogP contribution in [0, 0.1) is 6.92 Å². The zero-order valence-electron chi connectivity index (χ0n) is 18.3. The van der Waals surface area contributed by atoms with E-state index in [4.69, 9.17) is 4.74 Å². The van der Waals surface area contributed by atoms with Crippen LogP contribution in [-0.2, 0) is 6.54 Å². The van der Waals surface area contributed by atoms with Gasteiger partial charge in [-0.1, -0.05) is 50.6 Å². The molecule has 0 spiro atoms. The first-order chi connectivity index (χ1) is 14.0. The van der Waals surface area contributed by atoms with Gasteiger partial charge in [-0.3, -0.25) is 9.69 Å². The minimum absolute atomic E-state index is 0.0336. The third-order valence-corrected chi connectivity index (χ3v) is 5.58. The maximum atomic E-state index is 13.1. The Hall–Kier alpha value is -2.33. The van der Waals surface area contributed by atoms with Gasteiger partial charge in [0.15, 0.2) is 5.75 Å². The molecule has 3 rings (SSSR count). The first kappa shape index (κ1) is 21.4. The van der Waals surface area contributed by atoms with Crippen LogP contribution in [0.2, 0.25) is 0 Å². The summed E-state index contributed by atoms with van der Waals surface area (Å²) in [6.07, 6.45) is 0.894. The zero-order valence-corrected chi connectivity index (χ0v) is 18.3. The number of benzene rings is 1. The van der Waals surface area contributed by atoms with E-state index in [1.807, 2.05) is 12.1 Å². The predicted molar refractivity (Wildman–Crippen MR) is 121 cm³/mol. The van der Waals surface area contributed by atoms with Gasteiger partial charge in [0.25, 0.3) is 0 Å². The molecule has 0 N–H and O–H groups in total. The quantitative estimate of drug-likeness (QED) is 0.688. The lowest BCUT2D eigenvalue weighted by Crippen LogP contribution is -2.46. The molecule has 0 saturated carbocycles. The van der Waals surface area contributed by atoms with E-state index < -0.39 is 0 Å². The molecule has 2 aromatic rings. The molecule has 0 bridgehead atoms. The second kappa shape index (κ2) is 9.93. The highest BCUT2D eigenvalue weighted by atomic mass is 16.5. The second-order valence-electron chi connectivity index (χ2n) is 8.30. The van der Waals surface area contributed by atoms with Crippen LogP contribution in [0.25, 0.3) is 0 Å². The van der Waals surface area contributed by atoms with E-state index in [1.165, 1.54) is 11.3 Å². The molecule has 4 nitrogen and oxygen atoms in total. The van der Waals surface area contributed by atoms with Crippen LogP contribution in [-0.4, -0.2) is 37.7 Å². The van der Waals surface area contributed by atoms with Gasteiger partial charge < -0.3 is 9.64 Å². The Balaban J connectivity index is 1.72. The maximum Gasteiger partial charge on any atom is 0.224 e. The monoisotopic (exact) mass is 394 g/mol. The summed E-state index contributed by atoms with van der Waals surface area (Å²) >= 11 is 0. The van der Waals surface area contributed by atoms with Crippen molar-refractivity contribution in [3.63, 3.8) is 0 Å². The van der Waals surface area contributed by atoms with Crippen molar-refractivity contribution in [3.8, 4) is 5.75 Å². The number of piperazine rings is 1. The summed E-state index contributed by atoms with van der Waals surface area (Å²) < 4.78 is 5.81. The molecule has 4 heteroatoms. The zero-order chi connectivity index (χ0) is 20.8. The summed E-state index contributed by atoms with van der Waals surface area (Å²) in [6.45, 7) is 13.6. The first-order valence-electron chi connectivity index (χ1n) is 10.8. The standard InChI is InChI=1S/C25H34N2O2/c1-5-16-29-24-17-21(19(2)3)8-9-22(25(24)28)18-26-12-14-27(15-13-26)23-10-6-20(4)7-11-23/h6-11,17,19H,5,12-16,18H2,1-4H3. The molecule has 0 atom stereocenters. The Labute approximate surface area is 175 Å². The largest absolute Gasteiger partial charge is 0.489 e. The lowest BCUT2D eigenvalue weighted by molar-refractivity contribution is 0.248. The number of nitrogens with zero attached hydrogens (tertiary/aromatic N) is 2. The topological polar surface area (TPSA) is 32.8 Å². The van der Waals surface area contributed by atoms with Crippen molar-refractivity contribution in [2.75, 3.05) is 37.7 Å². The Kier molecular flexibility index (Phi) is 7.32. The van der Waals surface area contributed by atoms with E-state index in [2.05, 4.69) is 67.8 Å². The van der Waals surface area contributed by atoms with Gasteiger partial charge in [-0.05, 0) is 43.0 Å². The number of hydrogen-bond donors (Lipinski definition) is 0. The summed E-state index contributed by atoms with van der Waals surface area (Å²) in [5.74, 6) is 0.852. The van der Waals surface area contributed by atoms with Crippen molar-refractivity contribution >= 4 is 5.69 Å². The molecule has 1 aliphatic rings. The Morgan fingerprint density at radius 3 is 2.31 bits per heavy atom. The molecule has 0 aromatic heterocycles. The molecule has 0 unspecified atom stereocenters. The van der Waals surface area contributed by atoms with Crippen LogP contribution in [0.1, 0.15) is 49.8 Å².